The summed E-state index contributed by atoms with van der Waals surface area (Å²) in [5, 5.41) is 0. The molecule has 4 heteroatoms. The minimum absolute atomic E-state index is 0.0170. The number of amides is 2. The van der Waals surface area contributed by atoms with E-state index in [0.29, 0.717) is 13.1 Å². The molecule has 1 atom stereocenters. The van der Waals surface area contributed by atoms with Crippen molar-refractivity contribution in [3.63, 3.8) is 0 Å². The van der Waals surface area contributed by atoms with E-state index in [4.69, 9.17) is 0 Å². The van der Waals surface area contributed by atoms with E-state index in [0.717, 1.165) is 6.54 Å². The summed E-state index contributed by atoms with van der Waals surface area (Å²) in [6, 6.07) is -0.286. The first-order chi connectivity index (χ1) is 6.07. The molecule has 0 aromatic heterocycles. The van der Waals surface area contributed by atoms with Crippen LogP contribution in [0.2, 0.25) is 0 Å². The largest absolute Gasteiger partial charge is 0.339 e. The zero-order valence-corrected chi connectivity index (χ0v) is 8.41. The molecule has 1 unspecified atom stereocenters. The Morgan fingerprint density at radius 2 is 2.15 bits per heavy atom. The van der Waals surface area contributed by atoms with Gasteiger partial charge in [0.2, 0.25) is 11.8 Å². The van der Waals surface area contributed by atoms with Gasteiger partial charge in [0.1, 0.15) is 6.04 Å². The van der Waals surface area contributed by atoms with Crippen LogP contribution in [0, 0.1) is 0 Å². The number of piperazine rings is 1. The molecule has 0 bridgehead atoms. The van der Waals surface area contributed by atoms with Crippen molar-refractivity contribution in [2.24, 2.45) is 0 Å². The second-order valence-corrected chi connectivity index (χ2v) is 3.31. The highest BCUT2D eigenvalue weighted by atomic mass is 16.2. The molecular weight excluding hydrogens is 168 g/mol. The SMILES string of the molecule is CCN1CCN(C(C)=O)C(C)C1=O. The highest BCUT2D eigenvalue weighted by Gasteiger charge is 2.31. The highest BCUT2D eigenvalue weighted by Crippen LogP contribution is 2.10. The fourth-order valence-electron chi connectivity index (χ4n) is 1.67. The highest BCUT2D eigenvalue weighted by molar-refractivity contribution is 5.87. The molecule has 1 heterocycles. The Labute approximate surface area is 78.5 Å². The van der Waals surface area contributed by atoms with Crippen LogP contribution in [0.5, 0.6) is 0 Å². The summed E-state index contributed by atoms with van der Waals surface area (Å²) in [6.45, 7) is 7.30. The molecule has 0 radical (unpaired) electrons. The van der Waals surface area contributed by atoms with Crippen LogP contribution in [0.3, 0.4) is 0 Å². The number of carbonyl (C=O) groups excluding carboxylic acids is 2. The molecule has 74 valence electrons. The van der Waals surface area contributed by atoms with Crippen molar-refractivity contribution in [3.05, 3.63) is 0 Å². The molecule has 0 saturated carbocycles. The van der Waals surface area contributed by atoms with Crippen molar-refractivity contribution >= 4 is 11.8 Å². The third-order valence-electron chi connectivity index (χ3n) is 2.53. The van der Waals surface area contributed by atoms with Gasteiger partial charge in [-0.25, -0.2) is 0 Å². The number of rotatable bonds is 1. The van der Waals surface area contributed by atoms with E-state index in [2.05, 4.69) is 0 Å². The second-order valence-electron chi connectivity index (χ2n) is 3.31. The standard InChI is InChI=1S/C9H16N2O2/c1-4-10-5-6-11(8(3)12)7(2)9(10)13/h7H,4-6H2,1-3H3. The van der Waals surface area contributed by atoms with Crippen LogP contribution in [-0.2, 0) is 9.59 Å². The van der Waals surface area contributed by atoms with Crippen LogP contribution < -0.4 is 0 Å². The number of carbonyl (C=O) groups is 2. The average Bonchev–Trinajstić information content (AvgIpc) is 2.09. The lowest BCUT2D eigenvalue weighted by molar-refractivity contribution is -0.149. The van der Waals surface area contributed by atoms with Gasteiger partial charge >= 0.3 is 0 Å². The molecule has 1 rings (SSSR count). The molecule has 13 heavy (non-hydrogen) atoms. The predicted molar refractivity (Wildman–Crippen MR) is 49.1 cm³/mol. The lowest BCUT2D eigenvalue weighted by atomic mass is 10.2. The molecule has 0 aromatic carbocycles. The van der Waals surface area contributed by atoms with Crippen molar-refractivity contribution in [1.82, 2.24) is 9.80 Å². The molecule has 0 N–H and O–H groups in total. The molecule has 1 fully saturated rings. The molecule has 1 aliphatic rings. The minimum Gasteiger partial charge on any atom is -0.339 e. The molecule has 0 spiro atoms. The van der Waals surface area contributed by atoms with Gasteiger partial charge in [0, 0.05) is 26.6 Å². The van der Waals surface area contributed by atoms with Crippen LogP contribution in [0.4, 0.5) is 0 Å². The third kappa shape index (κ3) is 1.82. The minimum atomic E-state index is -0.286. The Morgan fingerprint density at radius 3 is 2.62 bits per heavy atom. The molecule has 1 saturated heterocycles. The zero-order valence-electron chi connectivity index (χ0n) is 8.41. The van der Waals surface area contributed by atoms with E-state index >= 15 is 0 Å². The van der Waals surface area contributed by atoms with Crippen LogP contribution in [-0.4, -0.2) is 47.3 Å². The summed E-state index contributed by atoms with van der Waals surface area (Å²) in [5.41, 5.74) is 0. The first-order valence-electron chi connectivity index (χ1n) is 4.64. The molecule has 0 aliphatic carbocycles. The number of likely N-dealkylation sites (N-methyl/N-ethyl adjacent to an activating group) is 1. The summed E-state index contributed by atoms with van der Waals surface area (Å²) < 4.78 is 0. The Morgan fingerprint density at radius 1 is 1.54 bits per heavy atom. The monoisotopic (exact) mass is 184 g/mol. The Balaban J connectivity index is 2.70. The van der Waals surface area contributed by atoms with Crippen molar-refractivity contribution < 1.29 is 9.59 Å². The van der Waals surface area contributed by atoms with Crippen LogP contribution in [0.15, 0.2) is 0 Å². The van der Waals surface area contributed by atoms with Gasteiger partial charge < -0.3 is 9.80 Å². The Hall–Kier alpha value is -1.06. The topological polar surface area (TPSA) is 40.6 Å². The maximum atomic E-state index is 11.6. The Bertz CT molecular complexity index is 228. The third-order valence-corrected chi connectivity index (χ3v) is 2.53. The molecular formula is C9H16N2O2. The molecule has 0 aromatic rings. The molecule has 1 aliphatic heterocycles. The van der Waals surface area contributed by atoms with Gasteiger partial charge in [0.05, 0.1) is 0 Å². The number of hydrogen-bond donors (Lipinski definition) is 0. The van der Waals surface area contributed by atoms with Crippen molar-refractivity contribution in [2.45, 2.75) is 26.8 Å². The van der Waals surface area contributed by atoms with Gasteiger partial charge in [-0.05, 0) is 13.8 Å². The van der Waals surface area contributed by atoms with Gasteiger partial charge in [-0.3, -0.25) is 9.59 Å². The maximum absolute atomic E-state index is 11.6. The summed E-state index contributed by atoms with van der Waals surface area (Å²) >= 11 is 0. The quantitative estimate of drug-likeness (QED) is 0.579. The summed E-state index contributed by atoms with van der Waals surface area (Å²) in [5.74, 6) is 0.0422. The molecule has 2 amide bonds. The zero-order chi connectivity index (χ0) is 10.0. The van der Waals surface area contributed by atoms with E-state index in [1.165, 1.54) is 6.92 Å². The van der Waals surface area contributed by atoms with E-state index < -0.39 is 0 Å². The van der Waals surface area contributed by atoms with Crippen molar-refractivity contribution in [1.29, 1.82) is 0 Å². The van der Waals surface area contributed by atoms with E-state index in [-0.39, 0.29) is 17.9 Å². The summed E-state index contributed by atoms with van der Waals surface area (Å²) in [7, 11) is 0. The van der Waals surface area contributed by atoms with Gasteiger partial charge in [-0.2, -0.15) is 0 Å². The predicted octanol–water partition coefficient (Wildman–Crippen LogP) is 0.0855. The van der Waals surface area contributed by atoms with Gasteiger partial charge in [0.15, 0.2) is 0 Å². The fraction of sp³-hybridized carbons (Fsp3) is 0.778. The van der Waals surface area contributed by atoms with Gasteiger partial charge in [0.25, 0.3) is 0 Å². The second kappa shape index (κ2) is 3.77. The van der Waals surface area contributed by atoms with E-state index in [1.807, 2.05) is 6.92 Å². The lowest BCUT2D eigenvalue weighted by Crippen LogP contribution is -2.56. The van der Waals surface area contributed by atoms with Crippen LogP contribution >= 0.6 is 0 Å². The smallest absolute Gasteiger partial charge is 0.245 e. The average molecular weight is 184 g/mol. The maximum Gasteiger partial charge on any atom is 0.245 e. The van der Waals surface area contributed by atoms with Gasteiger partial charge in [-0.1, -0.05) is 0 Å². The van der Waals surface area contributed by atoms with E-state index in [9.17, 15) is 9.59 Å². The number of hydrogen-bond acceptors (Lipinski definition) is 2. The van der Waals surface area contributed by atoms with Crippen LogP contribution in [0.1, 0.15) is 20.8 Å². The van der Waals surface area contributed by atoms with Crippen molar-refractivity contribution in [3.8, 4) is 0 Å². The summed E-state index contributed by atoms with van der Waals surface area (Å²) in [6.07, 6.45) is 0. The first kappa shape index (κ1) is 10.0. The fourth-order valence-corrected chi connectivity index (χ4v) is 1.67. The van der Waals surface area contributed by atoms with Crippen molar-refractivity contribution in [2.75, 3.05) is 19.6 Å². The summed E-state index contributed by atoms with van der Waals surface area (Å²) in [4.78, 5) is 26.1. The van der Waals surface area contributed by atoms with Crippen LogP contribution in [0.25, 0.3) is 0 Å². The number of nitrogens with zero attached hydrogens (tertiary/aromatic N) is 2. The van der Waals surface area contributed by atoms with E-state index in [1.54, 1.807) is 16.7 Å². The molecule has 4 nitrogen and oxygen atoms in total. The lowest BCUT2D eigenvalue weighted by Gasteiger charge is -2.38. The normalized spacial score (nSPS) is 23.6. The Kier molecular flexibility index (Phi) is 2.90. The van der Waals surface area contributed by atoms with Gasteiger partial charge in [-0.15, -0.1) is 0 Å². The first-order valence-corrected chi connectivity index (χ1v) is 4.64.